The largest absolute Gasteiger partial charge is 0.392 e. The number of ether oxygens (including phenoxy) is 1. The van der Waals surface area contributed by atoms with Gasteiger partial charge in [0, 0.05) is 24.9 Å². The quantitative estimate of drug-likeness (QED) is 0.235. The summed E-state index contributed by atoms with van der Waals surface area (Å²) in [5, 5.41) is 25.9. The summed E-state index contributed by atoms with van der Waals surface area (Å²) in [6.45, 7) is 7.52. The molecule has 0 bridgehead atoms. The molecule has 2 aliphatic carbocycles. The number of imide groups is 1. The molecule has 0 aromatic carbocycles. The Hall–Kier alpha value is -2.03. The van der Waals surface area contributed by atoms with Gasteiger partial charge in [-0.3, -0.25) is 14.5 Å². The molecule has 2 saturated heterocycles. The zero-order valence-electron chi connectivity index (χ0n) is 21.2. The van der Waals surface area contributed by atoms with Gasteiger partial charge in [-0.2, -0.15) is 0 Å². The number of amides is 2. The first kappa shape index (κ1) is 26.0. The number of rotatable bonds is 8. The molecule has 0 aromatic rings. The van der Waals surface area contributed by atoms with E-state index < -0.39 is 30.0 Å². The van der Waals surface area contributed by atoms with Gasteiger partial charge in [0.2, 0.25) is 11.8 Å². The van der Waals surface area contributed by atoms with E-state index in [1.54, 1.807) is 0 Å². The molecule has 4 aliphatic rings. The van der Waals surface area contributed by atoms with Gasteiger partial charge in [-0.1, -0.05) is 22.4 Å². The van der Waals surface area contributed by atoms with Gasteiger partial charge in [-0.25, -0.2) is 0 Å². The molecule has 194 valence electrons. The zero-order valence-corrected chi connectivity index (χ0v) is 21.2. The second kappa shape index (κ2) is 11.4. The van der Waals surface area contributed by atoms with Crippen LogP contribution in [-0.4, -0.2) is 70.7 Å². The highest BCUT2D eigenvalue weighted by molar-refractivity contribution is 6.06. The van der Waals surface area contributed by atoms with Crippen molar-refractivity contribution in [2.24, 2.45) is 28.8 Å². The monoisotopic (exact) mass is 488 g/mol. The molecule has 2 aliphatic heterocycles. The van der Waals surface area contributed by atoms with Crippen molar-refractivity contribution >= 4 is 17.5 Å². The molecule has 0 radical (unpaired) electrons. The Balaban J connectivity index is 1.43. The molecule has 8 heteroatoms. The molecule has 4 rings (SSSR count). The summed E-state index contributed by atoms with van der Waals surface area (Å²) >= 11 is 0. The third kappa shape index (κ3) is 5.70. The number of likely N-dealkylation sites (tertiary alicyclic amines) is 1. The van der Waals surface area contributed by atoms with Crippen molar-refractivity contribution < 1.29 is 29.4 Å². The molecular weight excluding hydrogens is 448 g/mol. The van der Waals surface area contributed by atoms with Crippen LogP contribution in [0, 0.1) is 23.7 Å². The minimum atomic E-state index is -1.07. The Morgan fingerprint density at radius 1 is 1.11 bits per heavy atom. The second-order valence-corrected chi connectivity index (χ2v) is 10.8. The summed E-state index contributed by atoms with van der Waals surface area (Å²) in [5.74, 6) is -2.20. The summed E-state index contributed by atoms with van der Waals surface area (Å²) in [4.78, 5) is 33.4. The fraction of sp³-hybridized carbons (Fsp3) is 0.741. The van der Waals surface area contributed by atoms with E-state index in [4.69, 9.17) is 9.57 Å². The van der Waals surface area contributed by atoms with Crippen molar-refractivity contribution in [1.82, 2.24) is 4.90 Å². The van der Waals surface area contributed by atoms with Crippen LogP contribution < -0.4 is 0 Å². The molecule has 2 N–H and O–H groups in total. The third-order valence-corrected chi connectivity index (χ3v) is 8.06. The fourth-order valence-corrected chi connectivity index (χ4v) is 6.20. The van der Waals surface area contributed by atoms with Crippen molar-refractivity contribution in [2.75, 3.05) is 19.8 Å². The van der Waals surface area contributed by atoms with Gasteiger partial charge >= 0.3 is 0 Å². The lowest BCUT2D eigenvalue weighted by atomic mass is 9.60. The summed E-state index contributed by atoms with van der Waals surface area (Å²) in [6, 6.07) is 0. The Labute approximate surface area is 208 Å². The van der Waals surface area contributed by atoms with Crippen LogP contribution in [0.25, 0.3) is 0 Å². The van der Waals surface area contributed by atoms with Gasteiger partial charge in [0.1, 0.15) is 6.61 Å². The van der Waals surface area contributed by atoms with Crippen molar-refractivity contribution in [2.45, 2.75) is 84.0 Å². The number of hydrogen-bond acceptors (Lipinski definition) is 7. The maximum Gasteiger partial charge on any atom is 0.233 e. The van der Waals surface area contributed by atoms with E-state index in [2.05, 4.69) is 32.0 Å². The van der Waals surface area contributed by atoms with Crippen LogP contribution in [-0.2, 0) is 19.2 Å². The number of allylic oxidation sites excluding steroid dienone is 3. The predicted molar refractivity (Wildman–Crippen MR) is 131 cm³/mol. The van der Waals surface area contributed by atoms with Gasteiger partial charge in [0.25, 0.3) is 0 Å². The SMILES string of the molecule is CC(C)=CCCC(C)=CCON=C1C[C@@H](O)[C@@H](O)[C@@H]2[C@@H]3C(=O)N(C[C@@H]4CCCO4)C(=O)[C@@H]3CC[C@@H]12. The fourth-order valence-electron chi connectivity index (χ4n) is 6.20. The molecule has 0 aromatic heterocycles. The first-order valence-corrected chi connectivity index (χ1v) is 13.1. The summed E-state index contributed by atoms with van der Waals surface area (Å²) in [6.07, 6.45) is 7.17. The standard InChI is InChI=1S/C27H40N2O6/c1-16(2)6-4-7-17(3)11-13-35-28-21-14-22(30)25(31)23-19(21)9-10-20-24(23)27(33)29(26(20)32)15-18-8-5-12-34-18/h6,11,18-20,22-25,30-31H,4-5,7-10,12-15H2,1-3H3/t18-,19-,20+,22+,23-,24+,25+/m0/s1. The molecule has 2 heterocycles. The maximum absolute atomic E-state index is 13.4. The average Bonchev–Trinajstić information content (AvgIpc) is 3.42. The van der Waals surface area contributed by atoms with E-state index in [9.17, 15) is 19.8 Å². The molecule has 35 heavy (non-hydrogen) atoms. The van der Waals surface area contributed by atoms with E-state index in [-0.39, 0.29) is 36.8 Å². The number of hydrogen-bond donors (Lipinski definition) is 2. The van der Waals surface area contributed by atoms with Crippen LogP contribution in [0.3, 0.4) is 0 Å². The highest BCUT2D eigenvalue weighted by atomic mass is 16.6. The van der Waals surface area contributed by atoms with E-state index in [1.165, 1.54) is 16.0 Å². The Morgan fingerprint density at radius 2 is 1.89 bits per heavy atom. The van der Waals surface area contributed by atoms with Crippen LogP contribution >= 0.6 is 0 Å². The Kier molecular flexibility index (Phi) is 8.45. The smallest absolute Gasteiger partial charge is 0.233 e. The van der Waals surface area contributed by atoms with Crippen LogP contribution in [0.5, 0.6) is 0 Å². The third-order valence-electron chi connectivity index (χ3n) is 8.06. The lowest BCUT2D eigenvalue weighted by Crippen LogP contribution is -2.54. The minimum Gasteiger partial charge on any atom is -0.392 e. The van der Waals surface area contributed by atoms with Crippen molar-refractivity contribution in [3.63, 3.8) is 0 Å². The Bertz CT molecular complexity index is 886. The highest BCUT2D eigenvalue weighted by Crippen LogP contribution is 2.49. The van der Waals surface area contributed by atoms with Gasteiger partial charge in [0.05, 0.1) is 42.4 Å². The van der Waals surface area contributed by atoms with Gasteiger partial charge < -0.3 is 19.8 Å². The molecule has 0 unspecified atom stereocenters. The molecule has 2 saturated carbocycles. The molecule has 7 atom stereocenters. The van der Waals surface area contributed by atoms with E-state index in [0.29, 0.717) is 31.8 Å². The van der Waals surface area contributed by atoms with Gasteiger partial charge in [0.15, 0.2) is 0 Å². The molecule has 8 nitrogen and oxygen atoms in total. The number of fused-ring (bicyclic) bond motifs is 3. The zero-order chi connectivity index (χ0) is 25.1. The van der Waals surface area contributed by atoms with Crippen molar-refractivity contribution in [3.05, 3.63) is 23.3 Å². The molecule has 0 spiro atoms. The number of carbonyl (C=O) groups excluding carboxylic acids is 2. The van der Waals surface area contributed by atoms with E-state index >= 15 is 0 Å². The minimum absolute atomic E-state index is 0.107. The van der Waals surface area contributed by atoms with Crippen molar-refractivity contribution in [3.8, 4) is 0 Å². The number of oxime groups is 1. The second-order valence-electron chi connectivity index (χ2n) is 10.8. The highest BCUT2D eigenvalue weighted by Gasteiger charge is 2.59. The normalized spacial score (nSPS) is 36.4. The summed E-state index contributed by atoms with van der Waals surface area (Å²) in [5.41, 5.74) is 3.21. The molecule has 4 fully saturated rings. The lowest BCUT2D eigenvalue weighted by molar-refractivity contribution is -0.143. The first-order chi connectivity index (χ1) is 16.8. The number of aliphatic hydroxyl groups is 2. The summed E-state index contributed by atoms with van der Waals surface area (Å²) in [7, 11) is 0. The lowest BCUT2D eigenvalue weighted by Gasteiger charge is -2.45. The maximum atomic E-state index is 13.4. The number of aliphatic hydroxyl groups excluding tert-OH is 2. The van der Waals surface area contributed by atoms with Crippen LogP contribution in [0.4, 0.5) is 0 Å². The van der Waals surface area contributed by atoms with Crippen LogP contribution in [0.15, 0.2) is 28.5 Å². The Morgan fingerprint density at radius 3 is 2.60 bits per heavy atom. The number of carbonyl (C=O) groups is 2. The first-order valence-electron chi connectivity index (χ1n) is 13.1. The molecule has 2 amide bonds. The topological polar surface area (TPSA) is 109 Å². The van der Waals surface area contributed by atoms with E-state index in [0.717, 1.165) is 25.7 Å². The predicted octanol–water partition coefficient (Wildman–Crippen LogP) is 2.98. The van der Waals surface area contributed by atoms with Crippen LogP contribution in [0.2, 0.25) is 0 Å². The van der Waals surface area contributed by atoms with E-state index in [1.807, 2.05) is 6.08 Å². The summed E-state index contributed by atoms with van der Waals surface area (Å²) < 4.78 is 5.65. The van der Waals surface area contributed by atoms with Gasteiger partial charge in [-0.15, -0.1) is 0 Å². The van der Waals surface area contributed by atoms with Crippen LogP contribution in [0.1, 0.15) is 65.7 Å². The average molecular weight is 489 g/mol. The van der Waals surface area contributed by atoms with Crippen molar-refractivity contribution in [1.29, 1.82) is 0 Å². The molecular formula is C27H40N2O6. The number of nitrogens with zero attached hydrogens (tertiary/aromatic N) is 2. The van der Waals surface area contributed by atoms with Gasteiger partial charge in [-0.05, 0) is 65.4 Å².